The average Bonchev–Trinajstić information content (AvgIpc) is 3.20. The molecule has 39 heavy (non-hydrogen) atoms. The van der Waals surface area contributed by atoms with Gasteiger partial charge in [-0.05, 0) is 38.5 Å². The number of carbonyl (C=O) groups is 1. The zero-order valence-electron chi connectivity index (χ0n) is 21.9. The number of nitro groups is 1. The molecular weight excluding hydrogens is 502 g/mol. The molecule has 3 aromatic rings. The number of ether oxygens (including phenoxy) is 3. The predicted octanol–water partition coefficient (Wildman–Crippen LogP) is 4.25. The molecule has 0 unspecified atom stereocenters. The lowest BCUT2D eigenvalue weighted by atomic mass is 9.81. The Hall–Kier alpha value is -5.11. The number of nitrogens with zero attached hydrogens (tertiary/aromatic N) is 4. The Morgan fingerprint density at radius 2 is 1.97 bits per heavy atom. The summed E-state index contributed by atoms with van der Waals surface area (Å²) in [5, 5.41) is 25.9. The molecule has 11 nitrogen and oxygen atoms in total. The number of hydrogen-bond donors (Lipinski definition) is 1. The Balaban J connectivity index is 1.91. The molecule has 0 bridgehead atoms. The van der Waals surface area contributed by atoms with Gasteiger partial charge in [0.05, 0.1) is 36.7 Å². The van der Waals surface area contributed by atoms with Crippen molar-refractivity contribution in [2.24, 2.45) is 5.73 Å². The number of rotatable bonds is 8. The first-order valence-electron chi connectivity index (χ1n) is 12.1. The maximum absolute atomic E-state index is 13.3. The fraction of sp³-hybridized carbons (Fsp3) is 0.250. The molecule has 0 amide bonds. The molecule has 0 saturated carbocycles. The van der Waals surface area contributed by atoms with Gasteiger partial charge in [-0.1, -0.05) is 36.4 Å². The lowest BCUT2D eigenvalue weighted by Gasteiger charge is -2.28. The predicted molar refractivity (Wildman–Crippen MR) is 141 cm³/mol. The summed E-state index contributed by atoms with van der Waals surface area (Å²) in [6, 6.07) is 16.3. The van der Waals surface area contributed by atoms with Gasteiger partial charge in [-0.3, -0.25) is 14.8 Å². The van der Waals surface area contributed by atoms with Crippen molar-refractivity contribution < 1.29 is 23.9 Å². The third kappa shape index (κ3) is 5.04. The summed E-state index contributed by atoms with van der Waals surface area (Å²) in [5.74, 6) is -0.977. The highest BCUT2D eigenvalue weighted by atomic mass is 16.6. The maximum Gasteiger partial charge on any atom is 0.338 e. The van der Waals surface area contributed by atoms with Crippen LogP contribution in [0.5, 0.6) is 5.75 Å². The standard InChI is InChI=1S/C28H27N5O6/c1-5-38-28(34)24-23(21(14-29)27(30)39-26(24)18-9-7-6-8-10-18)19-11-12-22(37-4)20(13-19)15-32-17(3)25(33(35)36)16(2)31-32/h6-13,23H,5,15,30H2,1-4H3/t23-/m0/s1. The van der Waals surface area contributed by atoms with Crippen molar-refractivity contribution in [3.8, 4) is 11.8 Å². The van der Waals surface area contributed by atoms with Crippen LogP contribution in [-0.4, -0.2) is 34.4 Å². The molecule has 11 heteroatoms. The van der Waals surface area contributed by atoms with Gasteiger partial charge in [0, 0.05) is 11.1 Å². The smallest absolute Gasteiger partial charge is 0.338 e. The molecule has 1 aromatic heterocycles. The molecule has 0 radical (unpaired) electrons. The van der Waals surface area contributed by atoms with Gasteiger partial charge in [0.25, 0.3) is 0 Å². The summed E-state index contributed by atoms with van der Waals surface area (Å²) in [6.07, 6.45) is 0. The normalized spacial score (nSPS) is 15.0. The van der Waals surface area contributed by atoms with Crippen LogP contribution in [0.25, 0.3) is 5.76 Å². The van der Waals surface area contributed by atoms with Gasteiger partial charge in [0.2, 0.25) is 5.88 Å². The summed E-state index contributed by atoms with van der Waals surface area (Å²) >= 11 is 0. The van der Waals surface area contributed by atoms with Crippen molar-refractivity contribution >= 4 is 17.4 Å². The number of methoxy groups -OCH3 is 1. The number of aromatic nitrogens is 2. The van der Waals surface area contributed by atoms with Crippen molar-refractivity contribution in [1.29, 1.82) is 5.26 Å². The van der Waals surface area contributed by atoms with E-state index in [0.29, 0.717) is 33.8 Å². The molecule has 0 fully saturated rings. The van der Waals surface area contributed by atoms with E-state index in [1.807, 2.05) is 6.07 Å². The van der Waals surface area contributed by atoms with E-state index in [9.17, 15) is 20.2 Å². The molecule has 1 aliphatic rings. The molecule has 4 rings (SSSR count). The van der Waals surface area contributed by atoms with Crippen LogP contribution in [0, 0.1) is 35.3 Å². The summed E-state index contributed by atoms with van der Waals surface area (Å²) in [6.45, 7) is 5.14. The van der Waals surface area contributed by atoms with E-state index in [1.54, 1.807) is 63.2 Å². The summed E-state index contributed by atoms with van der Waals surface area (Å²) in [5.41, 5.74) is 8.79. The fourth-order valence-electron chi connectivity index (χ4n) is 4.68. The van der Waals surface area contributed by atoms with Gasteiger partial charge in [0.1, 0.15) is 34.5 Å². The number of allylic oxidation sites excluding steroid dienone is 1. The molecule has 2 N–H and O–H groups in total. The molecule has 2 aromatic carbocycles. The van der Waals surface area contributed by atoms with E-state index in [-0.39, 0.29) is 41.6 Å². The molecule has 0 spiro atoms. The van der Waals surface area contributed by atoms with Crippen molar-refractivity contribution in [2.45, 2.75) is 33.2 Å². The molecule has 0 saturated heterocycles. The maximum atomic E-state index is 13.3. The Bertz CT molecular complexity index is 1550. The average molecular weight is 530 g/mol. The lowest BCUT2D eigenvalue weighted by Crippen LogP contribution is -2.26. The van der Waals surface area contributed by atoms with Crippen LogP contribution in [0.1, 0.15) is 40.9 Å². The molecular formula is C28H27N5O6. The van der Waals surface area contributed by atoms with Gasteiger partial charge in [-0.25, -0.2) is 4.79 Å². The van der Waals surface area contributed by atoms with Crippen LogP contribution in [0.15, 0.2) is 65.6 Å². The number of nitriles is 1. The number of esters is 1. The van der Waals surface area contributed by atoms with E-state index in [0.717, 1.165) is 0 Å². The molecule has 0 aliphatic carbocycles. The fourth-order valence-corrected chi connectivity index (χ4v) is 4.68. The molecule has 1 atom stereocenters. The van der Waals surface area contributed by atoms with Crippen molar-refractivity contribution in [3.05, 3.63) is 104 Å². The van der Waals surface area contributed by atoms with E-state index in [4.69, 9.17) is 19.9 Å². The van der Waals surface area contributed by atoms with Gasteiger partial charge in [0.15, 0.2) is 0 Å². The van der Waals surface area contributed by atoms with Crippen LogP contribution >= 0.6 is 0 Å². The highest BCUT2D eigenvalue weighted by molar-refractivity contribution is 5.99. The molecule has 1 aliphatic heterocycles. The Labute approximate surface area is 224 Å². The Kier molecular flexibility index (Phi) is 7.67. The first-order valence-corrected chi connectivity index (χ1v) is 12.1. The minimum absolute atomic E-state index is 0.0515. The van der Waals surface area contributed by atoms with Crippen molar-refractivity contribution in [2.75, 3.05) is 13.7 Å². The van der Waals surface area contributed by atoms with Gasteiger partial charge >= 0.3 is 11.7 Å². The first kappa shape index (κ1) is 26.9. The summed E-state index contributed by atoms with van der Waals surface area (Å²) < 4.78 is 18.3. The van der Waals surface area contributed by atoms with Crippen LogP contribution in [0.4, 0.5) is 5.69 Å². The summed E-state index contributed by atoms with van der Waals surface area (Å²) in [7, 11) is 1.51. The second-order valence-corrected chi connectivity index (χ2v) is 8.76. The highest BCUT2D eigenvalue weighted by Gasteiger charge is 2.38. The largest absolute Gasteiger partial charge is 0.496 e. The van der Waals surface area contributed by atoms with Crippen LogP contribution in [0.2, 0.25) is 0 Å². The highest BCUT2D eigenvalue weighted by Crippen LogP contribution is 2.43. The minimum Gasteiger partial charge on any atom is -0.496 e. The second kappa shape index (κ2) is 11.1. The first-order chi connectivity index (χ1) is 18.7. The number of carbonyl (C=O) groups excluding carboxylic acids is 1. The summed E-state index contributed by atoms with van der Waals surface area (Å²) in [4.78, 5) is 24.4. The van der Waals surface area contributed by atoms with Crippen molar-refractivity contribution in [1.82, 2.24) is 9.78 Å². The van der Waals surface area contributed by atoms with E-state index in [1.165, 1.54) is 11.8 Å². The monoisotopic (exact) mass is 529 g/mol. The Morgan fingerprint density at radius 1 is 1.26 bits per heavy atom. The van der Waals surface area contributed by atoms with Gasteiger partial charge < -0.3 is 19.9 Å². The van der Waals surface area contributed by atoms with Crippen LogP contribution in [0.3, 0.4) is 0 Å². The van der Waals surface area contributed by atoms with E-state index in [2.05, 4.69) is 11.2 Å². The lowest BCUT2D eigenvalue weighted by molar-refractivity contribution is -0.386. The van der Waals surface area contributed by atoms with Gasteiger partial charge in [-0.2, -0.15) is 10.4 Å². The minimum atomic E-state index is -0.905. The molecule has 2 heterocycles. The Morgan fingerprint density at radius 3 is 2.56 bits per heavy atom. The topological polar surface area (TPSA) is 156 Å². The number of benzene rings is 2. The van der Waals surface area contributed by atoms with E-state index >= 15 is 0 Å². The zero-order chi connectivity index (χ0) is 28.3. The molecule has 200 valence electrons. The number of aryl methyl sites for hydroxylation is 1. The second-order valence-electron chi connectivity index (χ2n) is 8.76. The number of nitrogens with two attached hydrogens (primary N) is 1. The third-order valence-electron chi connectivity index (χ3n) is 6.43. The third-order valence-corrected chi connectivity index (χ3v) is 6.43. The SMILES string of the molecule is CCOC(=O)C1=C(c2ccccc2)OC(N)=C(C#N)[C@@H]1c1ccc(OC)c(Cn2nc(C)c([N+](=O)[O-])c2C)c1. The zero-order valence-corrected chi connectivity index (χ0v) is 21.9. The van der Waals surface area contributed by atoms with Crippen LogP contribution in [-0.2, 0) is 20.8 Å². The van der Waals surface area contributed by atoms with Crippen molar-refractivity contribution in [3.63, 3.8) is 0 Å². The number of hydrogen-bond acceptors (Lipinski definition) is 9. The van der Waals surface area contributed by atoms with Gasteiger partial charge in [-0.15, -0.1) is 0 Å². The van der Waals surface area contributed by atoms with Crippen LogP contribution < -0.4 is 10.5 Å². The van der Waals surface area contributed by atoms with E-state index < -0.39 is 16.8 Å². The quantitative estimate of drug-likeness (QED) is 0.256.